The van der Waals surface area contributed by atoms with E-state index in [2.05, 4.69) is 20.5 Å². The van der Waals surface area contributed by atoms with Gasteiger partial charge >= 0.3 is 0 Å². The van der Waals surface area contributed by atoms with Crippen molar-refractivity contribution in [3.8, 4) is 11.6 Å². The Kier molecular flexibility index (Phi) is 4.45. The smallest absolute Gasteiger partial charge is 0.273 e. The van der Waals surface area contributed by atoms with Crippen LogP contribution in [0.1, 0.15) is 10.5 Å². The average Bonchev–Trinajstić information content (AvgIpc) is 3.06. The molecule has 2 N–H and O–H groups in total. The lowest BCUT2D eigenvalue weighted by molar-refractivity contribution is 0.102. The first-order valence-electron chi connectivity index (χ1n) is 6.51. The first-order chi connectivity index (χ1) is 11.1. The van der Waals surface area contributed by atoms with Crippen LogP contribution < -0.4 is 10.1 Å². The highest BCUT2D eigenvalue weighted by Crippen LogP contribution is 2.31. The van der Waals surface area contributed by atoms with E-state index in [1.165, 1.54) is 12.4 Å². The fraction of sp³-hybridized carbons (Fsp3) is 0. The third kappa shape index (κ3) is 3.80. The lowest BCUT2D eigenvalue weighted by Crippen LogP contribution is -2.12. The Morgan fingerprint density at radius 1 is 1.17 bits per heavy atom. The molecule has 0 atom stereocenters. The summed E-state index contributed by atoms with van der Waals surface area (Å²) in [5, 5.41) is 9.85. The van der Waals surface area contributed by atoms with Crippen molar-refractivity contribution in [3.63, 3.8) is 0 Å². The number of hydrogen-bond donors (Lipinski definition) is 2. The van der Waals surface area contributed by atoms with Gasteiger partial charge in [-0.2, -0.15) is 5.10 Å². The minimum atomic E-state index is -0.313. The van der Waals surface area contributed by atoms with E-state index in [0.29, 0.717) is 33.1 Å². The van der Waals surface area contributed by atoms with Gasteiger partial charge in [-0.1, -0.05) is 23.2 Å². The number of nitrogens with zero attached hydrogens (tertiary/aromatic N) is 2. The molecule has 1 amide bonds. The second kappa shape index (κ2) is 6.68. The number of rotatable bonds is 4. The van der Waals surface area contributed by atoms with E-state index < -0.39 is 0 Å². The zero-order valence-corrected chi connectivity index (χ0v) is 13.1. The molecule has 6 nitrogen and oxygen atoms in total. The summed E-state index contributed by atoms with van der Waals surface area (Å²) in [6.45, 7) is 0. The van der Waals surface area contributed by atoms with Crippen LogP contribution in [0.25, 0.3) is 0 Å². The lowest BCUT2D eigenvalue weighted by Gasteiger charge is -2.09. The molecule has 0 fully saturated rings. The van der Waals surface area contributed by atoms with Gasteiger partial charge in [-0.15, -0.1) is 0 Å². The van der Waals surface area contributed by atoms with E-state index in [0.717, 1.165) is 0 Å². The molecule has 0 saturated carbocycles. The van der Waals surface area contributed by atoms with Crippen LogP contribution in [-0.2, 0) is 0 Å². The van der Waals surface area contributed by atoms with Crippen molar-refractivity contribution < 1.29 is 9.53 Å². The Morgan fingerprint density at radius 2 is 2.04 bits per heavy atom. The Morgan fingerprint density at radius 3 is 2.70 bits per heavy atom. The van der Waals surface area contributed by atoms with Crippen LogP contribution in [0.15, 0.2) is 48.8 Å². The number of carbonyl (C=O) groups is 1. The van der Waals surface area contributed by atoms with Crippen LogP contribution in [0.2, 0.25) is 10.0 Å². The van der Waals surface area contributed by atoms with E-state index in [-0.39, 0.29) is 5.91 Å². The number of carbonyl (C=O) groups excluding carboxylic acids is 1. The minimum absolute atomic E-state index is 0.313. The van der Waals surface area contributed by atoms with E-state index in [4.69, 9.17) is 27.9 Å². The summed E-state index contributed by atoms with van der Waals surface area (Å²) in [5.41, 5.74) is 0.887. The van der Waals surface area contributed by atoms with Gasteiger partial charge in [-0.05, 0) is 30.3 Å². The number of pyridine rings is 1. The molecule has 0 aliphatic carbocycles. The summed E-state index contributed by atoms with van der Waals surface area (Å²) < 4.78 is 5.57. The van der Waals surface area contributed by atoms with Gasteiger partial charge in [0.15, 0.2) is 0 Å². The molecule has 0 radical (unpaired) electrons. The topological polar surface area (TPSA) is 79.9 Å². The highest BCUT2D eigenvalue weighted by atomic mass is 35.5. The Bertz CT molecular complexity index is 820. The van der Waals surface area contributed by atoms with Gasteiger partial charge in [0.25, 0.3) is 5.91 Å². The molecule has 0 aliphatic heterocycles. The molecule has 3 rings (SSSR count). The number of nitrogens with one attached hydrogen (secondary N) is 2. The summed E-state index contributed by atoms with van der Waals surface area (Å²) in [5.74, 6) is 0.471. The standard InChI is InChI=1S/C15H10Cl2N4O2/c16-9-1-4-14(18-8-9)23-13-3-2-10(7-11(13)17)20-15(22)12-5-6-19-21-12/h1-8H,(H,19,21)(H,20,22). The molecule has 3 aromatic rings. The van der Waals surface area contributed by atoms with Crippen LogP contribution in [0.5, 0.6) is 11.6 Å². The van der Waals surface area contributed by atoms with E-state index in [1.54, 1.807) is 36.4 Å². The largest absolute Gasteiger partial charge is 0.437 e. The van der Waals surface area contributed by atoms with Crippen molar-refractivity contribution in [3.05, 3.63) is 64.5 Å². The Labute approximate surface area is 141 Å². The molecule has 2 aromatic heterocycles. The Balaban J connectivity index is 1.73. The maximum absolute atomic E-state index is 11.9. The van der Waals surface area contributed by atoms with Crippen molar-refractivity contribution in [1.29, 1.82) is 0 Å². The number of anilines is 1. The van der Waals surface area contributed by atoms with Gasteiger partial charge in [-0.25, -0.2) is 4.98 Å². The number of ether oxygens (including phenoxy) is 1. The first kappa shape index (κ1) is 15.3. The van der Waals surface area contributed by atoms with Crippen LogP contribution in [0, 0.1) is 0 Å². The van der Waals surface area contributed by atoms with Gasteiger partial charge in [-0.3, -0.25) is 9.89 Å². The predicted octanol–water partition coefficient (Wildman–Crippen LogP) is 4.16. The molecule has 2 heterocycles. The van der Waals surface area contributed by atoms with Crippen LogP contribution >= 0.6 is 23.2 Å². The number of hydrogen-bond acceptors (Lipinski definition) is 4. The highest BCUT2D eigenvalue weighted by Gasteiger charge is 2.10. The van der Waals surface area contributed by atoms with Gasteiger partial charge in [0, 0.05) is 24.1 Å². The lowest BCUT2D eigenvalue weighted by atomic mass is 10.3. The summed E-state index contributed by atoms with van der Waals surface area (Å²) in [7, 11) is 0. The number of aromatic nitrogens is 3. The van der Waals surface area contributed by atoms with Gasteiger partial charge in [0.1, 0.15) is 11.4 Å². The monoisotopic (exact) mass is 348 g/mol. The number of benzene rings is 1. The summed E-state index contributed by atoms with van der Waals surface area (Å²) in [6, 6.07) is 9.76. The van der Waals surface area contributed by atoms with Crippen LogP contribution in [-0.4, -0.2) is 21.1 Å². The predicted molar refractivity (Wildman–Crippen MR) is 87.3 cm³/mol. The molecule has 0 saturated heterocycles. The fourth-order valence-electron chi connectivity index (χ4n) is 1.78. The summed E-state index contributed by atoms with van der Waals surface area (Å²) in [4.78, 5) is 15.9. The van der Waals surface area contributed by atoms with Gasteiger partial charge < -0.3 is 10.1 Å². The fourth-order valence-corrected chi connectivity index (χ4v) is 2.11. The number of H-pyrrole nitrogens is 1. The van der Waals surface area contributed by atoms with Gasteiger partial charge in [0.05, 0.1) is 10.0 Å². The van der Waals surface area contributed by atoms with Crippen LogP contribution in [0.4, 0.5) is 5.69 Å². The Hall–Kier alpha value is -2.57. The van der Waals surface area contributed by atoms with Gasteiger partial charge in [0.2, 0.25) is 5.88 Å². The molecule has 1 aromatic carbocycles. The average molecular weight is 349 g/mol. The maximum Gasteiger partial charge on any atom is 0.273 e. The molecular weight excluding hydrogens is 339 g/mol. The zero-order valence-electron chi connectivity index (χ0n) is 11.6. The molecule has 23 heavy (non-hydrogen) atoms. The highest BCUT2D eigenvalue weighted by molar-refractivity contribution is 6.32. The second-order valence-corrected chi connectivity index (χ2v) is 5.33. The second-order valence-electron chi connectivity index (χ2n) is 4.49. The van der Waals surface area contributed by atoms with Crippen molar-refractivity contribution in [2.24, 2.45) is 0 Å². The zero-order chi connectivity index (χ0) is 16.2. The number of halogens is 2. The molecule has 116 valence electrons. The van der Waals surface area contributed by atoms with Crippen molar-refractivity contribution >= 4 is 34.8 Å². The number of amides is 1. The van der Waals surface area contributed by atoms with E-state index >= 15 is 0 Å². The number of aromatic amines is 1. The molecule has 0 unspecified atom stereocenters. The SMILES string of the molecule is O=C(Nc1ccc(Oc2ccc(Cl)cn2)c(Cl)c1)c1ccn[nH]1. The summed E-state index contributed by atoms with van der Waals surface area (Å²) in [6.07, 6.45) is 2.97. The van der Waals surface area contributed by atoms with Crippen molar-refractivity contribution in [2.75, 3.05) is 5.32 Å². The molecule has 0 aliphatic rings. The third-order valence-electron chi connectivity index (χ3n) is 2.85. The molecule has 0 bridgehead atoms. The quantitative estimate of drug-likeness (QED) is 0.741. The first-order valence-corrected chi connectivity index (χ1v) is 7.27. The summed E-state index contributed by atoms with van der Waals surface area (Å²) >= 11 is 11.9. The minimum Gasteiger partial charge on any atom is -0.437 e. The van der Waals surface area contributed by atoms with Crippen LogP contribution in [0.3, 0.4) is 0 Å². The van der Waals surface area contributed by atoms with Crippen molar-refractivity contribution in [2.45, 2.75) is 0 Å². The van der Waals surface area contributed by atoms with E-state index in [1.807, 2.05) is 0 Å². The normalized spacial score (nSPS) is 10.3. The molecule has 0 spiro atoms. The van der Waals surface area contributed by atoms with Crippen molar-refractivity contribution in [1.82, 2.24) is 15.2 Å². The molecule has 8 heteroatoms. The maximum atomic E-state index is 11.9. The molecular formula is C15H10Cl2N4O2. The third-order valence-corrected chi connectivity index (χ3v) is 3.37. The van der Waals surface area contributed by atoms with E-state index in [9.17, 15) is 4.79 Å².